The first kappa shape index (κ1) is 36.6. The molecule has 2 aromatic rings. The van der Waals surface area contributed by atoms with E-state index in [9.17, 15) is 18.0 Å². The van der Waals surface area contributed by atoms with Crippen LogP contribution >= 0.6 is 24.0 Å². The molecule has 0 bridgehead atoms. The summed E-state index contributed by atoms with van der Waals surface area (Å²) in [6.07, 6.45) is 0. The molecule has 3 rings (SSSR count). The lowest BCUT2D eigenvalue weighted by Crippen LogP contribution is -2.57. The van der Waals surface area contributed by atoms with Gasteiger partial charge in [-0.05, 0) is 56.5 Å². The molecule has 0 radical (unpaired) electrons. The van der Waals surface area contributed by atoms with Crippen LogP contribution in [0.25, 0.3) is 4.91 Å². The van der Waals surface area contributed by atoms with Crippen LogP contribution in [0, 0.1) is 0 Å². The van der Waals surface area contributed by atoms with Crippen molar-refractivity contribution in [1.29, 1.82) is 0 Å². The lowest BCUT2D eigenvalue weighted by molar-refractivity contribution is -0.138. The highest BCUT2D eigenvalue weighted by atomic mass is 35.5. The van der Waals surface area contributed by atoms with E-state index < -0.39 is 39.0 Å². The molecule has 0 spiro atoms. The Morgan fingerprint density at radius 3 is 2.20 bits per heavy atom. The number of hydrogen-bond donors (Lipinski definition) is 3. The third-order valence-electron chi connectivity index (χ3n) is 6.15. The van der Waals surface area contributed by atoms with Gasteiger partial charge in [-0.1, -0.05) is 67.9 Å². The summed E-state index contributed by atoms with van der Waals surface area (Å²) in [5.41, 5.74) is 5.66. The van der Waals surface area contributed by atoms with Crippen molar-refractivity contribution in [2.75, 3.05) is 20.2 Å². The smallest absolute Gasteiger partial charge is 0.247 e. The summed E-state index contributed by atoms with van der Waals surface area (Å²) in [4.78, 5) is 27.7. The highest BCUT2D eigenvalue weighted by Gasteiger charge is 2.44. The molecule has 4 N–H and O–H groups in total. The Kier molecular flexibility index (Phi) is 13.5. The fourth-order valence-corrected chi connectivity index (χ4v) is 6.18. The van der Waals surface area contributed by atoms with E-state index in [4.69, 9.17) is 22.1 Å². The second kappa shape index (κ2) is 15.1. The Bertz CT molecular complexity index is 1310. The standard InChI is InChI=1S/C27H35ClN4O5S.C2H6.ClH/c1-26(2,29)25(34)30-22(17-37-16-18-9-7-6-8-10-18)24(33)32(5)15-21-23(19-11-13-20(28)14-12-19)38(35,36)31-27(21,3)4;1-2;/h6-14,22,31H,15-17,29H2,1-5H3,(H,30,34);1-2H3;1H/t22-;;/m1../s1. The molecule has 0 saturated carbocycles. The SMILES string of the molecule is CC.CN(CC1=C(c2ccc(Cl)cc2)S(=O)(=O)NC1(C)C)C(=O)[C@@H](COCc1ccccc1)NC(=O)C(C)(C)N.Cl. The number of amides is 2. The predicted octanol–water partition coefficient (Wildman–Crippen LogP) is 4.11. The van der Waals surface area contributed by atoms with E-state index in [1.807, 2.05) is 44.2 Å². The van der Waals surface area contributed by atoms with Crippen molar-refractivity contribution in [2.24, 2.45) is 5.73 Å². The molecule has 0 aromatic heterocycles. The molecule has 41 heavy (non-hydrogen) atoms. The van der Waals surface area contributed by atoms with Crippen molar-refractivity contribution in [3.8, 4) is 0 Å². The molecule has 12 heteroatoms. The number of nitrogens with one attached hydrogen (secondary N) is 2. The van der Waals surface area contributed by atoms with Crippen molar-refractivity contribution in [2.45, 2.75) is 65.3 Å². The van der Waals surface area contributed by atoms with Crippen LogP contribution in [-0.2, 0) is 31.0 Å². The van der Waals surface area contributed by atoms with Crippen LogP contribution in [0.1, 0.15) is 52.7 Å². The van der Waals surface area contributed by atoms with Gasteiger partial charge in [0.05, 0.1) is 29.2 Å². The number of likely N-dealkylation sites (N-methyl/N-ethyl adjacent to an activating group) is 1. The largest absolute Gasteiger partial charge is 0.374 e. The van der Waals surface area contributed by atoms with Gasteiger partial charge in [-0.2, -0.15) is 0 Å². The van der Waals surface area contributed by atoms with Crippen molar-refractivity contribution in [1.82, 2.24) is 14.9 Å². The van der Waals surface area contributed by atoms with Gasteiger partial charge >= 0.3 is 0 Å². The lowest BCUT2D eigenvalue weighted by atomic mass is 9.92. The number of benzene rings is 2. The average Bonchev–Trinajstić information content (AvgIpc) is 3.07. The van der Waals surface area contributed by atoms with E-state index in [0.717, 1.165) is 5.56 Å². The van der Waals surface area contributed by atoms with Crippen molar-refractivity contribution >= 4 is 50.8 Å². The molecule has 2 amide bonds. The number of carbonyl (C=O) groups is 2. The maximum absolute atomic E-state index is 13.6. The van der Waals surface area contributed by atoms with Gasteiger partial charge < -0.3 is 20.7 Å². The van der Waals surface area contributed by atoms with E-state index in [-0.39, 0.29) is 37.1 Å². The van der Waals surface area contributed by atoms with Crippen LogP contribution in [0.4, 0.5) is 0 Å². The maximum atomic E-state index is 13.6. The van der Waals surface area contributed by atoms with Gasteiger partial charge in [0.2, 0.25) is 21.8 Å². The molecule has 1 aliphatic rings. The number of rotatable bonds is 10. The second-order valence-corrected chi connectivity index (χ2v) is 12.5. The zero-order valence-electron chi connectivity index (χ0n) is 24.7. The molecular formula is C29H42Cl2N4O5S. The van der Waals surface area contributed by atoms with E-state index >= 15 is 0 Å². The molecule has 1 atom stereocenters. The predicted molar refractivity (Wildman–Crippen MR) is 167 cm³/mol. The van der Waals surface area contributed by atoms with Gasteiger partial charge in [-0.25, -0.2) is 13.1 Å². The Hall–Kier alpha value is -2.47. The first-order chi connectivity index (χ1) is 18.6. The van der Waals surface area contributed by atoms with Crippen LogP contribution in [0.2, 0.25) is 5.02 Å². The molecule has 0 unspecified atom stereocenters. The van der Waals surface area contributed by atoms with E-state index in [1.165, 1.54) is 4.90 Å². The highest BCUT2D eigenvalue weighted by Crippen LogP contribution is 2.38. The van der Waals surface area contributed by atoms with E-state index in [0.29, 0.717) is 16.2 Å². The van der Waals surface area contributed by atoms with Crippen LogP contribution in [0.3, 0.4) is 0 Å². The quantitative estimate of drug-likeness (QED) is 0.363. The van der Waals surface area contributed by atoms with Crippen LogP contribution < -0.4 is 15.8 Å². The summed E-state index contributed by atoms with van der Waals surface area (Å²) in [5, 5.41) is 3.16. The number of carbonyl (C=O) groups excluding carboxylic acids is 2. The Morgan fingerprint density at radius 2 is 1.66 bits per heavy atom. The fraction of sp³-hybridized carbons (Fsp3) is 0.448. The number of sulfonamides is 1. The zero-order valence-corrected chi connectivity index (χ0v) is 27.0. The van der Waals surface area contributed by atoms with Gasteiger partial charge in [-0.3, -0.25) is 9.59 Å². The fourth-order valence-electron chi connectivity index (χ4n) is 4.06. The van der Waals surface area contributed by atoms with Crippen LogP contribution in [0.5, 0.6) is 0 Å². The average molecular weight is 630 g/mol. The Balaban J connectivity index is 0.00000274. The summed E-state index contributed by atoms with van der Waals surface area (Å²) in [7, 11) is -2.29. The van der Waals surface area contributed by atoms with Gasteiger partial charge in [0, 0.05) is 18.6 Å². The minimum absolute atomic E-state index is 0. The number of ether oxygens (including phenoxy) is 1. The van der Waals surface area contributed by atoms with Gasteiger partial charge in [0.1, 0.15) is 6.04 Å². The number of nitrogens with zero attached hydrogens (tertiary/aromatic N) is 1. The van der Waals surface area contributed by atoms with Crippen molar-refractivity contribution < 1.29 is 22.7 Å². The first-order valence-corrected chi connectivity index (χ1v) is 15.0. The number of halogens is 2. The summed E-state index contributed by atoms with van der Waals surface area (Å²) in [6.45, 7) is 10.7. The maximum Gasteiger partial charge on any atom is 0.247 e. The normalized spacial score (nSPS) is 16.1. The molecule has 1 aliphatic heterocycles. The third kappa shape index (κ3) is 9.80. The Labute approximate surface area is 255 Å². The minimum atomic E-state index is -3.85. The summed E-state index contributed by atoms with van der Waals surface area (Å²) in [5.74, 6) is -0.960. The third-order valence-corrected chi connectivity index (χ3v) is 8.20. The topological polar surface area (TPSA) is 131 Å². The second-order valence-electron chi connectivity index (χ2n) is 10.5. The molecule has 228 valence electrons. The van der Waals surface area contributed by atoms with E-state index in [2.05, 4.69) is 10.0 Å². The van der Waals surface area contributed by atoms with Crippen LogP contribution in [-0.4, -0.2) is 62.5 Å². The zero-order chi connectivity index (χ0) is 30.3. The van der Waals surface area contributed by atoms with Gasteiger partial charge in [-0.15, -0.1) is 12.4 Å². The molecule has 0 saturated heterocycles. The van der Waals surface area contributed by atoms with Crippen LogP contribution in [0.15, 0.2) is 60.2 Å². The number of nitrogens with two attached hydrogens (primary N) is 1. The number of hydrogen-bond acceptors (Lipinski definition) is 6. The van der Waals surface area contributed by atoms with E-state index in [1.54, 1.807) is 59.0 Å². The summed E-state index contributed by atoms with van der Waals surface area (Å²) >= 11 is 6.01. The molecule has 2 aromatic carbocycles. The Morgan fingerprint density at radius 1 is 1.10 bits per heavy atom. The van der Waals surface area contributed by atoms with Gasteiger partial charge in [0.25, 0.3) is 0 Å². The van der Waals surface area contributed by atoms with Crippen molar-refractivity contribution in [3.63, 3.8) is 0 Å². The summed E-state index contributed by atoms with van der Waals surface area (Å²) in [6, 6.07) is 14.9. The molecular weight excluding hydrogens is 587 g/mol. The molecule has 0 aliphatic carbocycles. The molecule has 0 fully saturated rings. The monoisotopic (exact) mass is 628 g/mol. The van der Waals surface area contributed by atoms with Crippen molar-refractivity contribution in [3.05, 3.63) is 76.3 Å². The minimum Gasteiger partial charge on any atom is -0.374 e. The lowest BCUT2D eigenvalue weighted by Gasteiger charge is -2.30. The van der Waals surface area contributed by atoms with Gasteiger partial charge in [0.15, 0.2) is 0 Å². The highest BCUT2D eigenvalue weighted by molar-refractivity contribution is 7.99. The first-order valence-electron chi connectivity index (χ1n) is 13.1. The summed E-state index contributed by atoms with van der Waals surface area (Å²) < 4.78 is 34.6. The molecule has 9 nitrogen and oxygen atoms in total. The molecule has 1 heterocycles.